The number of unbranched alkanes of at least 4 members (excludes halogenated alkanes) is 1. The van der Waals surface area contributed by atoms with E-state index in [9.17, 15) is 29.1 Å². The van der Waals surface area contributed by atoms with E-state index in [0.717, 1.165) is 41.6 Å². The van der Waals surface area contributed by atoms with Gasteiger partial charge in [-0.1, -0.05) is 74.5 Å². The summed E-state index contributed by atoms with van der Waals surface area (Å²) in [6.07, 6.45) is 2.29. The molecule has 0 saturated heterocycles. The summed E-state index contributed by atoms with van der Waals surface area (Å²) in [6.45, 7) is 13.0. The van der Waals surface area contributed by atoms with Gasteiger partial charge in [0.2, 0.25) is 29.5 Å². The molecule has 4 amide bonds. The van der Waals surface area contributed by atoms with Crippen LogP contribution in [0.25, 0.3) is 22.4 Å². The summed E-state index contributed by atoms with van der Waals surface area (Å²) in [7, 11) is 0. The first-order chi connectivity index (χ1) is 32.1. The Morgan fingerprint density at radius 2 is 1.28 bits per heavy atom. The normalized spacial score (nSPS) is 12.0. The molecule has 1 atom stereocenters. The van der Waals surface area contributed by atoms with Gasteiger partial charge in [-0.25, -0.2) is 14.6 Å². The third-order valence-electron chi connectivity index (χ3n) is 10.1. The number of ether oxygens (including phenoxy) is 5. The molecule has 18 nitrogen and oxygen atoms in total. The number of aromatic amines is 2. The summed E-state index contributed by atoms with van der Waals surface area (Å²) < 4.78 is 28.2. The van der Waals surface area contributed by atoms with Crippen LogP contribution in [0.2, 0.25) is 0 Å². The van der Waals surface area contributed by atoms with Crippen LogP contribution in [0.1, 0.15) is 78.8 Å². The molecule has 4 rings (SSSR count). The highest BCUT2D eigenvalue weighted by atomic mass is 16.6. The van der Waals surface area contributed by atoms with Crippen LogP contribution in [0.3, 0.4) is 0 Å². The van der Waals surface area contributed by atoms with Gasteiger partial charge in [-0.2, -0.15) is 0 Å². The van der Waals surface area contributed by atoms with Crippen molar-refractivity contribution in [2.75, 3.05) is 65.9 Å². The van der Waals surface area contributed by atoms with E-state index in [4.69, 9.17) is 28.7 Å². The zero-order chi connectivity index (χ0) is 48.5. The van der Waals surface area contributed by atoms with E-state index in [2.05, 4.69) is 63.3 Å². The second-order valence-electron chi connectivity index (χ2n) is 17.7. The minimum absolute atomic E-state index is 0.129. The predicted molar refractivity (Wildman–Crippen MR) is 254 cm³/mol. The van der Waals surface area contributed by atoms with Crippen molar-refractivity contribution in [1.82, 2.24) is 36.2 Å². The number of H-pyrrole nitrogens is 2. The van der Waals surface area contributed by atoms with Crippen molar-refractivity contribution in [1.29, 1.82) is 0 Å². The first-order valence-corrected chi connectivity index (χ1v) is 22.9. The number of pyridine rings is 1. The molecule has 0 aliphatic carbocycles. The summed E-state index contributed by atoms with van der Waals surface area (Å²) in [5.41, 5.74) is 2.41. The van der Waals surface area contributed by atoms with Crippen molar-refractivity contribution in [3.05, 3.63) is 89.0 Å². The molecule has 67 heavy (non-hydrogen) atoms. The van der Waals surface area contributed by atoms with Gasteiger partial charge >= 0.3 is 11.8 Å². The number of alkyl carbamates (subject to hydrolysis) is 1. The molecule has 18 heteroatoms. The van der Waals surface area contributed by atoms with Crippen molar-refractivity contribution >= 4 is 23.8 Å². The minimum Gasteiger partial charge on any atom is -0.493 e. The topological polar surface area (TPSA) is 244 Å². The molecule has 7 N–H and O–H groups in total. The molecule has 2 aromatic carbocycles. The van der Waals surface area contributed by atoms with Crippen LogP contribution in [-0.2, 0) is 39.8 Å². The van der Waals surface area contributed by atoms with Crippen molar-refractivity contribution < 1.29 is 48.0 Å². The molecule has 0 fully saturated rings. The molecular weight excluding hydrogens is 863 g/mol. The van der Waals surface area contributed by atoms with Crippen LogP contribution in [0.4, 0.5) is 4.79 Å². The molecule has 0 saturated carbocycles. The van der Waals surface area contributed by atoms with Crippen LogP contribution in [0, 0.1) is 5.41 Å². The van der Waals surface area contributed by atoms with E-state index in [1.165, 1.54) is 0 Å². The lowest BCUT2D eigenvalue weighted by atomic mass is 9.87. The molecule has 0 aliphatic heterocycles. The first kappa shape index (κ1) is 53.4. The Morgan fingerprint density at radius 3 is 1.88 bits per heavy atom. The highest BCUT2D eigenvalue weighted by molar-refractivity contribution is 5.91. The van der Waals surface area contributed by atoms with Gasteiger partial charge in [0.1, 0.15) is 11.6 Å². The third-order valence-corrected chi connectivity index (χ3v) is 10.1. The summed E-state index contributed by atoms with van der Waals surface area (Å²) in [6, 6.07) is 23.0. The average Bonchev–Trinajstić information content (AvgIpc) is 3.61. The van der Waals surface area contributed by atoms with Gasteiger partial charge in [0, 0.05) is 44.5 Å². The molecule has 2 aromatic heterocycles. The Morgan fingerprint density at radius 1 is 0.687 bits per heavy atom. The third kappa shape index (κ3) is 21.7. The van der Waals surface area contributed by atoms with Crippen molar-refractivity contribution in [2.45, 2.75) is 91.2 Å². The highest BCUT2D eigenvalue weighted by Crippen LogP contribution is 2.29. The van der Waals surface area contributed by atoms with E-state index < -0.39 is 35.2 Å². The number of imidazole rings is 1. The second kappa shape index (κ2) is 28.1. The summed E-state index contributed by atoms with van der Waals surface area (Å²) in [5, 5.41) is 20.5. The fraction of sp³-hybridized carbons (Fsp3) is 0.510. The number of aromatic nitrogens is 3. The number of nitrogens with zero attached hydrogens (tertiary/aromatic N) is 1. The number of carbonyl (C=O) groups is 4. The van der Waals surface area contributed by atoms with Crippen molar-refractivity contribution in [3.8, 4) is 34.1 Å². The molecule has 366 valence electrons. The van der Waals surface area contributed by atoms with Crippen molar-refractivity contribution in [2.24, 2.45) is 5.41 Å². The fourth-order valence-corrected chi connectivity index (χ4v) is 6.58. The van der Waals surface area contributed by atoms with Gasteiger partial charge in [-0.3, -0.25) is 19.4 Å². The number of benzene rings is 2. The number of carbonyl (C=O) groups excluding carboxylic acids is 4. The number of amides is 4. The van der Waals surface area contributed by atoms with Crippen LogP contribution in [0.5, 0.6) is 11.8 Å². The lowest BCUT2D eigenvalue weighted by molar-refractivity contribution is -0.128. The minimum atomic E-state index is -1.15. The second-order valence-corrected chi connectivity index (χ2v) is 17.7. The molecule has 4 aromatic rings. The number of aromatic hydroxyl groups is 1. The molecular formula is C49H69N7O11. The monoisotopic (exact) mass is 932 g/mol. The average molecular weight is 932 g/mol. The molecule has 1 unspecified atom stereocenters. The maximum Gasteiger partial charge on any atom is 0.408 e. The number of rotatable bonds is 30. The zero-order valence-electron chi connectivity index (χ0n) is 39.5. The number of nitrogens with one attached hydrogen (secondary N) is 6. The van der Waals surface area contributed by atoms with Crippen LogP contribution in [0.15, 0.2) is 77.6 Å². The Hall–Kier alpha value is -6.24. The fourth-order valence-electron chi connectivity index (χ4n) is 6.58. The molecule has 0 bridgehead atoms. The largest absolute Gasteiger partial charge is 0.493 e. The van der Waals surface area contributed by atoms with Crippen LogP contribution < -0.4 is 31.7 Å². The van der Waals surface area contributed by atoms with E-state index in [1.54, 1.807) is 20.8 Å². The Labute approximate surface area is 392 Å². The number of hydrogen-bond acceptors (Lipinski definition) is 12. The highest BCUT2D eigenvalue weighted by Gasteiger charge is 2.28. The van der Waals surface area contributed by atoms with E-state index in [1.807, 2.05) is 54.6 Å². The van der Waals surface area contributed by atoms with Crippen LogP contribution >= 0.6 is 0 Å². The summed E-state index contributed by atoms with van der Waals surface area (Å²) in [5.74, 6) is -1.02. The van der Waals surface area contributed by atoms with Gasteiger partial charge in [-0.05, 0) is 75.5 Å². The van der Waals surface area contributed by atoms with Crippen molar-refractivity contribution in [3.63, 3.8) is 0 Å². The molecule has 0 spiro atoms. The molecule has 0 radical (unpaired) electrons. The summed E-state index contributed by atoms with van der Waals surface area (Å²) >= 11 is 0. The smallest absolute Gasteiger partial charge is 0.408 e. The van der Waals surface area contributed by atoms with Gasteiger partial charge in [0.05, 0.1) is 57.3 Å². The quantitative estimate of drug-likeness (QED) is 0.0325. The van der Waals surface area contributed by atoms with E-state index in [0.29, 0.717) is 84.6 Å². The lowest BCUT2D eigenvalue weighted by Gasteiger charge is -2.27. The van der Waals surface area contributed by atoms with Gasteiger partial charge in [0.25, 0.3) is 0 Å². The molecule has 0 aliphatic rings. The molecule has 2 heterocycles. The predicted octanol–water partition coefficient (Wildman–Crippen LogP) is 5.42. The zero-order valence-corrected chi connectivity index (χ0v) is 39.5. The Bertz CT molecular complexity index is 2110. The lowest BCUT2D eigenvalue weighted by Crippen LogP contribution is -2.51. The Balaban J connectivity index is 1.09. The summed E-state index contributed by atoms with van der Waals surface area (Å²) in [4.78, 5) is 71.5. The van der Waals surface area contributed by atoms with Gasteiger partial charge < -0.3 is 55.0 Å². The van der Waals surface area contributed by atoms with E-state index in [-0.39, 0.29) is 35.7 Å². The van der Waals surface area contributed by atoms with Crippen LogP contribution in [-0.4, -0.2) is 121 Å². The van der Waals surface area contributed by atoms with Gasteiger partial charge in [-0.15, -0.1) is 0 Å². The standard InChI is InChI=1S/C49H69N7O11/c1-48(2,3)67-47(62)55-39(32-41(57)50-21-14-23-63-26-28-65-29-27-64-24-15-22-51-42(58)33-40-45(60)56-46(61)54-40)44(59)52-34-49(4,5)20-12-13-25-66-43-31-37(35-16-8-6-9-17-35)30-38(53-43)36-18-10-7-11-19-36/h6-11,16-19,30-31,39,60H,12-15,20-29,32-34H2,1-5H3,(H,50,57)(H,51,58)(H,52,59)(H,55,62)(H2,54,56,61). The number of hydrogen-bond donors (Lipinski definition) is 7. The maximum atomic E-state index is 13.4. The van der Waals surface area contributed by atoms with Gasteiger partial charge in [0.15, 0.2) is 0 Å². The first-order valence-electron chi connectivity index (χ1n) is 22.9. The van der Waals surface area contributed by atoms with E-state index >= 15 is 0 Å². The SMILES string of the molecule is CC(C)(CCCCOc1cc(-c2ccccc2)cc(-c2ccccc2)n1)CNC(=O)C(CC(=O)NCCCOCCOCCOCCCNC(=O)Cc1[nH]c(=O)[nH]c1O)NC(=O)OC(C)(C)C. The maximum absolute atomic E-state index is 13.4. The Kier molecular flexibility index (Phi) is 22.3.